The van der Waals surface area contributed by atoms with Gasteiger partial charge in [-0.2, -0.15) is 0 Å². The fraction of sp³-hybridized carbons (Fsp3) is 0.125. The molecule has 2 heterocycles. The van der Waals surface area contributed by atoms with Crippen molar-refractivity contribution in [3.63, 3.8) is 0 Å². The van der Waals surface area contributed by atoms with Gasteiger partial charge in [0.25, 0.3) is 0 Å². The second kappa shape index (κ2) is 4.69. The monoisotopic (exact) mass is 249 g/mol. The van der Waals surface area contributed by atoms with Crippen LogP contribution >= 0.6 is 0 Å². The lowest BCUT2D eigenvalue weighted by Gasteiger charge is -2.01. The van der Waals surface area contributed by atoms with Gasteiger partial charge in [0.1, 0.15) is 5.82 Å². The molecule has 0 bridgehead atoms. The average Bonchev–Trinajstić information content (AvgIpc) is 2.78. The summed E-state index contributed by atoms with van der Waals surface area (Å²) >= 11 is 0. The molecular formula is C16H15N3. The largest absolute Gasteiger partial charge is 0.350 e. The number of para-hydroxylation sites is 1. The molecule has 0 radical (unpaired) electrons. The highest BCUT2D eigenvalue weighted by Crippen LogP contribution is 2.28. The van der Waals surface area contributed by atoms with Crippen LogP contribution in [0.25, 0.3) is 22.2 Å². The zero-order valence-electron chi connectivity index (χ0n) is 10.9. The van der Waals surface area contributed by atoms with Crippen molar-refractivity contribution in [2.24, 2.45) is 7.05 Å². The first kappa shape index (κ1) is 11.7. The molecule has 0 spiro atoms. The van der Waals surface area contributed by atoms with Gasteiger partial charge in [0.15, 0.2) is 0 Å². The van der Waals surface area contributed by atoms with Crippen molar-refractivity contribution >= 4 is 10.9 Å². The van der Waals surface area contributed by atoms with E-state index in [9.17, 15) is 0 Å². The topological polar surface area (TPSA) is 30.7 Å². The van der Waals surface area contributed by atoms with Crippen molar-refractivity contribution in [3.8, 4) is 11.3 Å². The smallest absolute Gasteiger partial charge is 0.132 e. The number of benzene rings is 1. The Bertz CT molecular complexity index is 741. The molecule has 3 rings (SSSR count). The number of hydrogen-bond donors (Lipinski definition) is 0. The highest BCUT2D eigenvalue weighted by molar-refractivity contribution is 5.95. The number of rotatable bonds is 3. The molecule has 3 nitrogen and oxygen atoms in total. The van der Waals surface area contributed by atoms with Crippen LogP contribution in [0.15, 0.2) is 55.4 Å². The lowest BCUT2D eigenvalue weighted by atomic mass is 10.1. The molecule has 0 N–H and O–H groups in total. The summed E-state index contributed by atoms with van der Waals surface area (Å²) in [5.41, 5.74) is 3.32. The molecule has 19 heavy (non-hydrogen) atoms. The summed E-state index contributed by atoms with van der Waals surface area (Å²) in [6.45, 7) is 3.73. The molecule has 3 aromatic rings. The number of aromatic nitrogens is 3. The molecule has 0 aliphatic carbocycles. The number of hydrogen-bond acceptors (Lipinski definition) is 2. The predicted octanol–water partition coefficient (Wildman–Crippen LogP) is 3.36. The van der Waals surface area contributed by atoms with Gasteiger partial charge in [0.05, 0.1) is 5.69 Å². The van der Waals surface area contributed by atoms with Gasteiger partial charge in [-0.1, -0.05) is 24.3 Å². The second-order valence-electron chi connectivity index (χ2n) is 4.52. The Morgan fingerprint density at radius 3 is 2.95 bits per heavy atom. The number of aryl methyl sites for hydroxylation is 1. The van der Waals surface area contributed by atoms with Gasteiger partial charge in [-0.3, -0.25) is 0 Å². The fourth-order valence-electron chi connectivity index (χ4n) is 2.32. The minimum atomic E-state index is 0.693. The van der Waals surface area contributed by atoms with Crippen molar-refractivity contribution in [2.45, 2.75) is 6.42 Å². The standard InChI is InChI=1S/C16H15N3/c1-3-6-16-17-10-9-14(18-16)13-11-19(2)15-8-5-4-7-12(13)15/h3-5,7-11H,1,6H2,2H3. The molecule has 0 amide bonds. The third kappa shape index (κ3) is 2.03. The third-order valence-corrected chi connectivity index (χ3v) is 3.21. The summed E-state index contributed by atoms with van der Waals surface area (Å²) < 4.78 is 2.12. The van der Waals surface area contributed by atoms with Gasteiger partial charge in [-0.15, -0.1) is 6.58 Å². The van der Waals surface area contributed by atoms with Crippen molar-refractivity contribution < 1.29 is 0 Å². The molecule has 0 saturated heterocycles. The molecule has 94 valence electrons. The van der Waals surface area contributed by atoms with E-state index in [1.807, 2.05) is 18.3 Å². The van der Waals surface area contributed by atoms with Crippen molar-refractivity contribution in [1.29, 1.82) is 0 Å². The van der Waals surface area contributed by atoms with E-state index in [4.69, 9.17) is 0 Å². The maximum Gasteiger partial charge on any atom is 0.132 e. The minimum absolute atomic E-state index is 0.693. The quantitative estimate of drug-likeness (QED) is 0.666. The van der Waals surface area contributed by atoms with Crippen molar-refractivity contribution in [1.82, 2.24) is 14.5 Å². The maximum atomic E-state index is 4.60. The summed E-state index contributed by atoms with van der Waals surface area (Å²) in [7, 11) is 2.05. The molecule has 0 unspecified atom stereocenters. The van der Waals surface area contributed by atoms with E-state index in [-0.39, 0.29) is 0 Å². The molecule has 0 aliphatic heterocycles. The van der Waals surface area contributed by atoms with Crippen molar-refractivity contribution in [3.05, 3.63) is 61.2 Å². The number of allylic oxidation sites excluding steroid dienone is 1. The van der Waals surface area contributed by atoms with Gasteiger partial charge in [0, 0.05) is 42.3 Å². The first-order valence-electron chi connectivity index (χ1n) is 6.27. The molecule has 0 atom stereocenters. The molecule has 0 fully saturated rings. The lowest BCUT2D eigenvalue weighted by Crippen LogP contribution is -1.94. The van der Waals surface area contributed by atoms with Gasteiger partial charge in [-0.05, 0) is 12.1 Å². The molecule has 0 aliphatic rings. The van der Waals surface area contributed by atoms with E-state index in [2.05, 4.69) is 58.6 Å². The Kier molecular flexibility index (Phi) is 2.88. The predicted molar refractivity (Wildman–Crippen MR) is 77.8 cm³/mol. The number of fused-ring (bicyclic) bond motifs is 1. The van der Waals surface area contributed by atoms with Crippen LogP contribution in [0, 0.1) is 0 Å². The Morgan fingerprint density at radius 1 is 1.26 bits per heavy atom. The SMILES string of the molecule is C=CCc1nccc(-c2cn(C)c3ccccc23)n1. The van der Waals surface area contributed by atoms with Gasteiger partial charge in [-0.25, -0.2) is 9.97 Å². The molecular weight excluding hydrogens is 234 g/mol. The molecule has 0 saturated carbocycles. The zero-order chi connectivity index (χ0) is 13.2. The maximum absolute atomic E-state index is 4.60. The Balaban J connectivity index is 2.19. The summed E-state index contributed by atoms with van der Waals surface area (Å²) in [5.74, 6) is 0.806. The summed E-state index contributed by atoms with van der Waals surface area (Å²) in [6.07, 6.45) is 6.44. The summed E-state index contributed by atoms with van der Waals surface area (Å²) in [6, 6.07) is 10.3. The first-order chi connectivity index (χ1) is 9.29. The molecule has 2 aromatic heterocycles. The zero-order valence-corrected chi connectivity index (χ0v) is 10.9. The highest BCUT2D eigenvalue weighted by Gasteiger charge is 2.09. The minimum Gasteiger partial charge on any atom is -0.350 e. The first-order valence-corrected chi connectivity index (χ1v) is 6.27. The summed E-state index contributed by atoms with van der Waals surface area (Å²) in [5, 5.41) is 1.22. The second-order valence-corrected chi connectivity index (χ2v) is 4.52. The van der Waals surface area contributed by atoms with Gasteiger partial charge >= 0.3 is 0 Å². The molecule has 3 heteroatoms. The van der Waals surface area contributed by atoms with Crippen LogP contribution in [0.4, 0.5) is 0 Å². The Labute approximate surface area is 112 Å². The number of nitrogens with zero attached hydrogens (tertiary/aromatic N) is 3. The van der Waals surface area contributed by atoms with E-state index in [0.29, 0.717) is 6.42 Å². The van der Waals surface area contributed by atoms with Crippen LogP contribution < -0.4 is 0 Å². The average molecular weight is 249 g/mol. The Hall–Kier alpha value is -2.42. The van der Waals surface area contributed by atoms with E-state index in [1.165, 1.54) is 10.9 Å². The van der Waals surface area contributed by atoms with E-state index >= 15 is 0 Å². The van der Waals surface area contributed by atoms with Crippen LogP contribution in [0.3, 0.4) is 0 Å². The fourth-order valence-corrected chi connectivity index (χ4v) is 2.32. The van der Waals surface area contributed by atoms with Gasteiger partial charge < -0.3 is 4.57 Å². The van der Waals surface area contributed by atoms with Crippen LogP contribution in [0.5, 0.6) is 0 Å². The summed E-state index contributed by atoms with van der Waals surface area (Å²) in [4.78, 5) is 8.85. The highest BCUT2D eigenvalue weighted by atomic mass is 14.9. The van der Waals surface area contributed by atoms with Crippen LogP contribution in [-0.4, -0.2) is 14.5 Å². The van der Waals surface area contributed by atoms with E-state index in [1.54, 1.807) is 0 Å². The molecule has 1 aromatic carbocycles. The van der Waals surface area contributed by atoms with Crippen LogP contribution in [0.2, 0.25) is 0 Å². The van der Waals surface area contributed by atoms with Crippen molar-refractivity contribution in [2.75, 3.05) is 0 Å². The van der Waals surface area contributed by atoms with Crippen LogP contribution in [0.1, 0.15) is 5.82 Å². The normalized spacial score (nSPS) is 10.8. The Morgan fingerprint density at radius 2 is 2.11 bits per heavy atom. The van der Waals surface area contributed by atoms with E-state index < -0.39 is 0 Å². The lowest BCUT2D eigenvalue weighted by molar-refractivity contribution is 0.965. The van der Waals surface area contributed by atoms with Gasteiger partial charge in [0.2, 0.25) is 0 Å². The van der Waals surface area contributed by atoms with E-state index in [0.717, 1.165) is 17.1 Å². The third-order valence-electron chi connectivity index (χ3n) is 3.21. The van der Waals surface area contributed by atoms with Crippen LogP contribution in [-0.2, 0) is 13.5 Å².